The fraction of sp³-hybridized carbons (Fsp3) is 0.0455. The van der Waals surface area contributed by atoms with E-state index in [0.29, 0.717) is 0 Å². The quantitative estimate of drug-likeness (QED) is 0.322. The van der Waals surface area contributed by atoms with Gasteiger partial charge < -0.3 is 5.21 Å². The van der Waals surface area contributed by atoms with E-state index in [0.717, 1.165) is 44.5 Å². The van der Waals surface area contributed by atoms with Gasteiger partial charge in [-0.3, -0.25) is 4.98 Å². The van der Waals surface area contributed by atoms with Crippen LogP contribution in [0.5, 0.6) is 0 Å². The fourth-order valence-electron chi connectivity index (χ4n) is 3.82. The Bertz CT molecular complexity index is 1170. The van der Waals surface area contributed by atoms with E-state index in [1.54, 1.807) is 6.21 Å². The first-order chi connectivity index (χ1) is 12.9. The maximum Gasteiger partial charge on any atom is 0.0899 e. The third-order valence-electron chi connectivity index (χ3n) is 4.94. The number of benzene rings is 3. The predicted octanol–water partition coefficient (Wildman–Crippen LogP) is 4.87. The Hall–Kier alpha value is -3.53. The number of rotatable bonds is 2. The minimum absolute atomic E-state index is 0.0560. The molecule has 0 aliphatic heterocycles. The lowest BCUT2D eigenvalue weighted by atomic mass is 9.95. The van der Waals surface area contributed by atoms with Crippen LogP contribution in [0.3, 0.4) is 0 Å². The summed E-state index contributed by atoms with van der Waals surface area (Å²) < 4.78 is 0. The molecule has 0 saturated heterocycles. The van der Waals surface area contributed by atoms with E-state index in [4.69, 9.17) is 10.2 Å². The van der Waals surface area contributed by atoms with E-state index in [1.165, 1.54) is 0 Å². The Morgan fingerprint density at radius 1 is 0.808 bits per heavy atom. The van der Waals surface area contributed by atoms with Crippen molar-refractivity contribution in [1.82, 2.24) is 9.97 Å². The molecule has 4 nitrogen and oxygen atoms in total. The highest BCUT2D eigenvalue weighted by Gasteiger charge is 2.29. The molecule has 0 spiro atoms. The van der Waals surface area contributed by atoms with Crippen molar-refractivity contribution >= 4 is 17.2 Å². The SMILES string of the molecule is ON=CC1c2ccccc2-c2c(-c3cnc4ccccc4n3)cccc21. The Labute approximate surface area is 150 Å². The molecule has 0 radical (unpaired) electrons. The lowest BCUT2D eigenvalue weighted by Gasteiger charge is -2.10. The molecule has 5 rings (SSSR count). The first kappa shape index (κ1) is 14.8. The average molecular weight is 337 g/mol. The van der Waals surface area contributed by atoms with Gasteiger partial charge in [-0.1, -0.05) is 54.6 Å². The summed E-state index contributed by atoms with van der Waals surface area (Å²) in [7, 11) is 0. The standard InChI is InChI=1S/C22H15N3O/c26-24-12-18-14-6-1-2-7-15(14)22-16(18)8-5-9-17(22)21-13-23-19-10-3-4-11-20(19)25-21/h1-13,18,26H. The van der Waals surface area contributed by atoms with Crippen LogP contribution in [0.2, 0.25) is 0 Å². The van der Waals surface area contributed by atoms with Crippen molar-refractivity contribution in [2.45, 2.75) is 5.92 Å². The van der Waals surface area contributed by atoms with Crippen LogP contribution in [0.15, 0.2) is 78.1 Å². The van der Waals surface area contributed by atoms with E-state index >= 15 is 0 Å². The summed E-state index contributed by atoms with van der Waals surface area (Å²) in [6.07, 6.45) is 3.41. The molecule has 1 aliphatic carbocycles. The third kappa shape index (κ3) is 2.12. The van der Waals surface area contributed by atoms with Crippen LogP contribution in [-0.4, -0.2) is 21.4 Å². The number of para-hydroxylation sites is 2. The molecule has 0 saturated carbocycles. The normalized spacial score (nSPS) is 15.3. The van der Waals surface area contributed by atoms with Gasteiger partial charge in [0.05, 0.1) is 29.1 Å². The zero-order valence-electron chi connectivity index (χ0n) is 13.9. The van der Waals surface area contributed by atoms with E-state index < -0.39 is 0 Å². The topological polar surface area (TPSA) is 58.4 Å². The summed E-state index contributed by atoms with van der Waals surface area (Å²) >= 11 is 0. The molecule has 124 valence electrons. The van der Waals surface area contributed by atoms with Crippen LogP contribution in [0.1, 0.15) is 17.0 Å². The van der Waals surface area contributed by atoms with Gasteiger partial charge in [0.15, 0.2) is 0 Å². The van der Waals surface area contributed by atoms with Gasteiger partial charge in [0.25, 0.3) is 0 Å². The van der Waals surface area contributed by atoms with Crippen LogP contribution in [-0.2, 0) is 0 Å². The molecule has 0 fully saturated rings. The lowest BCUT2D eigenvalue weighted by molar-refractivity contribution is 0.320. The molecule has 0 bridgehead atoms. The number of hydrogen-bond donors (Lipinski definition) is 1. The van der Waals surface area contributed by atoms with Crippen LogP contribution in [0.25, 0.3) is 33.4 Å². The molecule has 1 heterocycles. The van der Waals surface area contributed by atoms with Crippen molar-refractivity contribution in [3.05, 3.63) is 84.1 Å². The molecule has 1 unspecified atom stereocenters. The minimum atomic E-state index is -0.0560. The second-order valence-corrected chi connectivity index (χ2v) is 6.34. The molecule has 4 aromatic rings. The van der Waals surface area contributed by atoms with Gasteiger partial charge in [0.1, 0.15) is 0 Å². The number of nitrogens with zero attached hydrogens (tertiary/aromatic N) is 3. The summed E-state index contributed by atoms with van der Waals surface area (Å²) in [5, 5.41) is 12.4. The lowest BCUT2D eigenvalue weighted by Crippen LogP contribution is -1.98. The van der Waals surface area contributed by atoms with Crippen molar-refractivity contribution in [1.29, 1.82) is 0 Å². The van der Waals surface area contributed by atoms with E-state index in [-0.39, 0.29) is 5.92 Å². The molecular formula is C22H15N3O. The number of aromatic nitrogens is 2. The number of oxime groups is 1. The van der Waals surface area contributed by atoms with Crippen molar-refractivity contribution in [2.24, 2.45) is 5.16 Å². The van der Waals surface area contributed by atoms with Crippen LogP contribution >= 0.6 is 0 Å². The van der Waals surface area contributed by atoms with Crippen molar-refractivity contribution in [2.75, 3.05) is 0 Å². The summed E-state index contributed by atoms with van der Waals surface area (Å²) in [6.45, 7) is 0. The van der Waals surface area contributed by atoms with E-state index in [1.807, 2.05) is 48.7 Å². The maximum absolute atomic E-state index is 9.13. The number of fused-ring (bicyclic) bond motifs is 4. The Morgan fingerprint density at radius 3 is 2.42 bits per heavy atom. The molecule has 1 atom stereocenters. The van der Waals surface area contributed by atoms with Gasteiger partial charge >= 0.3 is 0 Å². The number of hydrogen-bond acceptors (Lipinski definition) is 4. The minimum Gasteiger partial charge on any atom is -0.411 e. The fourth-order valence-corrected chi connectivity index (χ4v) is 3.82. The molecule has 1 N–H and O–H groups in total. The van der Waals surface area contributed by atoms with Gasteiger partial charge in [-0.2, -0.15) is 0 Å². The molecule has 3 aromatic carbocycles. The summed E-state index contributed by atoms with van der Waals surface area (Å²) in [5.74, 6) is -0.0560. The second-order valence-electron chi connectivity index (χ2n) is 6.34. The largest absolute Gasteiger partial charge is 0.411 e. The van der Waals surface area contributed by atoms with Crippen LogP contribution in [0.4, 0.5) is 0 Å². The molecule has 4 heteroatoms. The molecule has 0 amide bonds. The summed E-state index contributed by atoms with van der Waals surface area (Å²) in [4.78, 5) is 9.39. The van der Waals surface area contributed by atoms with Crippen molar-refractivity contribution < 1.29 is 5.21 Å². The molecular weight excluding hydrogens is 322 g/mol. The Morgan fingerprint density at radius 2 is 1.54 bits per heavy atom. The van der Waals surface area contributed by atoms with Crippen LogP contribution in [0, 0.1) is 0 Å². The average Bonchev–Trinajstić information content (AvgIpc) is 3.02. The van der Waals surface area contributed by atoms with E-state index in [9.17, 15) is 0 Å². The molecule has 1 aliphatic rings. The highest BCUT2D eigenvalue weighted by molar-refractivity contribution is 5.96. The first-order valence-corrected chi connectivity index (χ1v) is 8.49. The van der Waals surface area contributed by atoms with Crippen molar-refractivity contribution in [3.63, 3.8) is 0 Å². The first-order valence-electron chi connectivity index (χ1n) is 8.49. The van der Waals surface area contributed by atoms with Gasteiger partial charge in [0, 0.05) is 11.5 Å². The van der Waals surface area contributed by atoms with Crippen LogP contribution < -0.4 is 0 Å². The Kier molecular flexibility index (Phi) is 3.28. The van der Waals surface area contributed by atoms with Gasteiger partial charge in [0.2, 0.25) is 0 Å². The van der Waals surface area contributed by atoms with Crippen molar-refractivity contribution in [3.8, 4) is 22.4 Å². The second kappa shape index (κ2) is 5.77. The smallest absolute Gasteiger partial charge is 0.0899 e. The highest BCUT2D eigenvalue weighted by Crippen LogP contribution is 2.47. The van der Waals surface area contributed by atoms with Gasteiger partial charge in [-0.05, 0) is 34.4 Å². The summed E-state index contributed by atoms with van der Waals surface area (Å²) in [6, 6.07) is 22.3. The zero-order chi connectivity index (χ0) is 17.5. The monoisotopic (exact) mass is 337 g/mol. The Balaban J connectivity index is 1.78. The molecule has 26 heavy (non-hydrogen) atoms. The molecule has 1 aromatic heterocycles. The summed E-state index contributed by atoms with van der Waals surface area (Å²) in [5.41, 5.74) is 8.20. The zero-order valence-corrected chi connectivity index (χ0v) is 13.9. The highest BCUT2D eigenvalue weighted by atomic mass is 16.4. The van der Waals surface area contributed by atoms with Gasteiger partial charge in [-0.25, -0.2) is 4.98 Å². The third-order valence-corrected chi connectivity index (χ3v) is 4.94. The maximum atomic E-state index is 9.13. The predicted molar refractivity (Wildman–Crippen MR) is 103 cm³/mol. The van der Waals surface area contributed by atoms with Gasteiger partial charge in [-0.15, -0.1) is 5.16 Å². The van der Waals surface area contributed by atoms with E-state index in [2.05, 4.69) is 34.4 Å².